The van der Waals surface area contributed by atoms with Crippen LogP contribution in [0.3, 0.4) is 0 Å². The Morgan fingerprint density at radius 2 is 0.748 bits per heavy atom. The third kappa shape index (κ3) is 15.7. The Labute approximate surface area is 618 Å². The highest BCUT2D eigenvalue weighted by atomic mass is 32.1. The summed E-state index contributed by atoms with van der Waals surface area (Å²) < 4.78 is 45.0. The molecule has 5 fully saturated rings. The van der Waals surface area contributed by atoms with Crippen molar-refractivity contribution < 1.29 is 37.9 Å². The molecule has 5 atom stereocenters. The zero-order valence-corrected chi connectivity index (χ0v) is 62.0. The standard InChI is InChI=1S/C22H22N2O2S.C22H24N2O2S.C20H20N2O2S.C18H17N3O2S/c1-21(12-22(13-25-14-22)26-20(23)24-21)19-10-18(11-27-19)17-4-2-3-16(9-17)8-7-15-5-6-15;1-3-6-16-7-4-8-17(11-16)18-12-19(27-13-18)21(2)14-22(26-20(23)24-21)9-5-10-25-15-22;1-3-5-14-6-4-7-15(8-14)16-9-17(25-10-16)19(2)11-20(12-23-13-20)24-18(21)22-19;1-17(9-18(10-22-11-18)23-16(19)21-17)15-7-13(8-24-15)12-4-3-5-14(6-12)20-2/h2-4,9-11,15H,5-6,12-14H2,1H3,(H2,23,24);4,7-8,11-13H,5,9-10,14-15H2,1-2H3,(H2,23,24);4,6-10H,11-13H2,1-2H3,(H2,21,22);3-8H,9-11H2,1H3,(H2,19,21). The van der Waals surface area contributed by atoms with Gasteiger partial charge in [0, 0.05) is 74.4 Å². The van der Waals surface area contributed by atoms with E-state index in [9.17, 15) is 0 Å². The van der Waals surface area contributed by atoms with Crippen LogP contribution >= 0.6 is 45.3 Å². The molecule has 17 rings (SSSR count). The van der Waals surface area contributed by atoms with Gasteiger partial charge in [0.05, 0.1) is 52.8 Å². The first-order valence-electron chi connectivity index (χ1n) is 34.6. The van der Waals surface area contributed by atoms with Crippen molar-refractivity contribution in [2.75, 3.05) is 52.9 Å². The van der Waals surface area contributed by atoms with Gasteiger partial charge in [-0.25, -0.2) is 24.8 Å². The molecule has 9 aliphatic rings. The van der Waals surface area contributed by atoms with E-state index in [4.69, 9.17) is 72.4 Å². The summed E-state index contributed by atoms with van der Waals surface area (Å²) in [5.74, 6) is 19.4. The normalized spacial score (nSPS) is 25.4. The molecule has 21 heteroatoms. The summed E-state index contributed by atoms with van der Waals surface area (Å²) >= 11 is 6.82. The first-order chi connectivity index (χ1) is 49.6. The van der Waals surface area contributed by atoms with Crippen molar-refractivity contribution in [3.8, 4) is 80.0 Å². The van der Waals surface area contributed by atoms with Gasteiger partial charge < -0.3 is 60.8 Å². The molecule has 12 heterocycles. The van der Waals surface area contributed by atoms with Gasteiger partial charge in [-0.3, -0.25) is 0 Å². The van der Waals surface area contributed by atoms with Gasteiger partial charge in [0.1, 0.15) is 27.8 Å². The summed E-state index contributed by atoms with van der Waals surface area (Å²) in [6, 6.07) is 42.6. The van der Waals surface area contributed by atoms with E-state index in [0.717, 1.165) is 83.4 Å². The fourth-order valence-electron chi connectivity index (χ4n) is 14.7. The molecule has 5 unspecified atom stereocenters. The first-order valence-corrected chi connectivity index (χ1v) is 38.1. The van der Waals surface area contributed by atoms with Crippen LogP contribution in [-0.4, -0.2) is 99.3 Å². The molecule has 103 heavy (non-hydrogen) atoms. The molecule has 1 aliphatic carbocycles. The van der Waals surface area contributed by atoms with Gasteiger partial charge in [0.25, 0.3) is 24.1 Å². The molecule has 4 saturated heterocycles. The van der Waals surface area contributed by atoms with Crippen molar-refractivity contribution >= 4 is 75.1 Å². The van der Waals surface area contributed by atoms with E-state index >= 15 is 0 Å². The van der Waals surface area contributed by atoms with Gasteiger partial charge in [-0.1, -0.05) is 78.3 Å². The Kier molecular flexibility index (Phi) is 19.8. The Morgan fingerprint density at radius 3 is 1.07 bits per heavy atom. The summed E-state index contributed by atoms with van der Waals surface area (Å²) in [6.07, 6.45) is 7.54. The number of thiophene rings is 4. The van der Waals surface area contributed by atoms with Gasteiger partial charge >= 0.3 is 0 Å². The highest BCUT2D eigenvalue weighted by Gasteiger charge is 2.54. The number of nitrogens with zero attached hydrogens (tertiary/aromatic N) is 5. The molecule has 1 saturated carbocycles. The third-order valence-electron chi connectivity index (χ3n) is 19.8. The van der Waals surface area contributed by atoms with E-state index in [1.165, 1.54) is 55.3 Å². The molecular weight excluding hydrogens is 1370 g/mol. The lowest BCUT2D eigenvalue weighted by atomic mass is 9.80. The minimum Gasteiger partial charge on any atom is -0.456 e. The maximum Gasteiger partial charge on any atom is 0.283 e. The average molecular weight is 1450 g/mol. The van der Waals surface area contributed by atoms with Gasteiger partial charge in [-0.2, -0.15) is 0 Å². The van der Waals surface area contributed by atoms with Gasteiger partial charge in [0.2, 0.25) is 0 Å². The van der Waals surface area contributed by atoms with Crippen LogP contribution in [0.25, 0.3) is 49.4 Å². The number of aliphatic imine (C=N–C) groups is 4. The predicted octanol–water partition coefficient (Wildman–Crippen LogP) is 15.4. The number of nitrogens with two attached hydrogens (primary N) is 4. The van der Waals surface area contributed by atoms with Crippen LogP contribution in [0.1, 0.15) is 129 Å². The summed E-state index contributed by atoms with van der Waals surface area (Å²) in [7, 11) is 0. The number of hydrogen-bond donors (Lipinski definition) is 4. The maximum atomic E-state index is 7.16. The molecule has 8 aliphatic heterocycles. The molecule has 8 N–H and O–H groups in total. The van der Waals surface area contributed by atoms with Crippen molar-refractivity contribution in [3.63, 3.8) is 0 Å². The Morgan fingerprint density at radius 1 is 0.417 bits per heavy atom. The van der Waals surface area contributed by atoms with E-state index in [2.05, 4.69) is 177 Å². The highest BCUT2D eigenvalue weighted by Crippen LogP contribution is 2.50. The largest absolute Gasteiger partial charge is 0.456 e. The van der Waals surface area contributed by atoms with Gasteiger partial charge in [-0.15, -0.1) is 57.2 Å². The second-order valence-electron chi connectivity index (χ2n) is 28.9. The molecule has 0 radical (unpaired) electrons. The molecular formula is C82H83N9O8S4. The maximum absolute atomic E-state index is 7.16. The molecule has 8 aromatic rings. The number of benzene rings is 4. The lowest BCUT2D eigenvalue weighted by molar-refractivity contribution is -0.186. The topological polar surface area (TPSA) is 232 Å². The van der Waals surface area contributed by atoms with Crippen molar-refractivity contribution in [2.45, 2.75) is 137 Å². The van der Waals surface area contributed by atoms with Crippen LogP contribution in [0.15, 0.2) is 163 Å². The van der Waals surface area contributed by atoms with Gasteiger partial charge in [0.15, 0.2) is 22.5 Å². The first kappa shape index (κ1) is 70.8. The third-order valence-corrected chi connectivity index (χ3v) is 24.5. The van der Waals surface area contributed by atoms with Crippen LogP contribution < -0.4 is 22.9 Å². The Hall–Kier alpha value is -9.23. The minimum atomic E-state index is -0.410. The van der Waals surface area contributed by atoms with Crippen LogP contribution in [0.4, 0.5) is 5.69 Å². The van der Waals surface area contributed by atoms with Crippen molar-refractivity contribution in [2.24, 2.45) is 48.8 Å². The number of ether oxygens (including phenoxy) is 8. The zero-order valence-electron chi connectivity index (χ0n) is 58.7. The van der Waals surface area contributed by atoms with Crippen molar-refractivity contribution in [3.05, 3.63) is 190 Å². The van der Waals surface area contributed by atoms with Crippen LogP contribution in [0, 0.1) is 48.0 Å². The lowest BCUT2D eigenvalue weighted by Crippen LogP contribution is -2.59. The van der Waals surface area contributed by atoms with E-state index < -0.39 is 11.1 Å². The Bertz CT molecular complexity index is 4890. The van der Waals surface area contributed by atoms with Crippen molar-refractivity contribution in [1.82, 2.24) is 0 Å². The fourth-order valence-corrected chi connectivity index (χ4v) is 18.8. The van der Waals surface area contributed by atoms with Crippen LogP contribution in [0.5, 0.6) is 0 Å². The fraction of sp³-hybridized carbons (Fsp3) is 0.378. The lowest BCUT2D eigenvalue weighted by Gasteiger charge is -2.47. The van der Waals surface area contributed by atoms with E-state index in [0.29, 0.717) is 57.9 Å². The predicted molar refractivity (Wildman–Crippen MR) is 412 cm³/mol. The smallest absolute Gasteiger partial charge is 0.283 e. The van der Waals surface area contributed by atoms with Crippen molar-refractivity contribution in [1.29, 1.82) is 0 Å². The van der Waals surface area contributed by atoms with E-state index in [1.54, 1.807) is 45.3 Å². The highest BCUT2D eigenvalue weighted by molar-refractivity contribution is 7.11. The monoisotopic (exact) mass is 1450 g/mol. The summed E-state index contributed by atoms with van der Waals surface area (Å²) in [5, 5.41) is 8.66. The number of amidine groups is 4. The van der Waals surface area contributed by atoms with E-state index in [1.807, 2.05) is 62.4 Å². The number of rotatable bonds is 8. The summed E-state index contributed by atoms with van der Waals surface area (Å²) in [5.41, 5.74) is 34.1. The minimum absolute atomic E-state index is 0.233. The molecule has 4 spiro atoms. The molecule has 528 valence electrons. The van der Waals surface area contributed by atoms with Gasteiger partial charge in [-0.05, 0) is 200 Å². The average Bonchev–Trinajstić information content (AvgIpc) is 1.76. The molecule has 0 bridgehead atoms. The number of hydrogen-bond acceptors (Lipinski definition) is 20. The molecule has 4 aromatic carbocycles. The SMILES string of the molecule is CC#Cc1cccc(-c2csc(C3(C)CC4(CCCOC4)OC(N)=N3)c2)c1.CC#Cc1cccc(-c2csc(C3(C)CC4(COC4)OC(N)=N3)c2)c1.CC1(c2cc(-c3cccc(C#CC4CC4)c3)cs2)CC2(COC2)OC(N)=N1.[C-]#[N+]c1cccc(-c2csc(C3(C)CC4(COC4)OC(N)=N3)c2)c1. The second-order valence-corrected chi connectivity index (χ2v) is 32.5. The Balaban J connectivity index is 0.000000116. The molecule has 17 nitrogen and oxygen atoms in total. The summed E-state index contributed by atoms with van der Waals surface area (Å²) in [6.45, 7) is 24.2. The van der Waals surface area contributed by atoms with E-state index in [-0.39, 0.29) is 57.6 Å². The second kappa shape index (κ2) is 28.8. The van der Waals surface area contributed by atoms with Crippen LogP contribution in [-0.2, 0) is 60.1 Å². The molecule has 0 amide bonds. The van der Waals surface area contributed by atoms with Crippen LogP contribution in [0.2, 0.25) is 0 Å². The molecule has 4 aromatic heterocycles. The summed E-state index contributed by atoms with van der Waals surface area (Å²) in [4.78, 5) is 26.8. The zero-order chi connectivity index (χ0) is 71.7. The quantitative estimate of drug-likeness (QED) is 0.0822.